The van der Waals surface area contributed by atoms with Crippen LogP contribution in [-0.4, -0.2) is 34.8 Å². The first kappa shape index (κ1) is 10.2. The number of nitrogens with zero attached hydrogens (tertiary/aromatic N) is 3. The molecule has 0 amide bonds. The van der Waals surface area contributed by atoms with Crippen LogP contribution < -0.4 is 10.6 Å². The molecule has 1 aliphatic rings. The van der Waals surface area contributed by atoms with Crippen LogP contribution in [0.25, 0.3) is 0 Å². The average molecular weight is 208 g/mol. The van der Waals surface area contributed by atoms with Crippen molar-refractivity contribution in [1.29, 1.82) is 0 Å². The van der Waals surface area contributed by atoms with Gasteiger partial charge in [-0.25, -0.2) is 9.97 Å². The molecule has 1 unspecified atom stereocenters. The molecule has 1 aliphatic heterocycles. The van der Waals surface area contributed by atoms with Gasteiger partial charge in [-0.3, -0.25) is 0 Å². The number of piperidine rings is 1. The minimum absolute atomic E-state index is 0.247. The van der Waals surface area contributed by atoms with E-state index in [0.29, 0.717) is 11.7 Å². The summed E-state index contributed by atoms with van der Waals surface area (Å²) in [6.45, 7) is 2.08. The van der Waals surface area contributed by atoms with Gasteiger partial charge in [-0.1, -0.05) is 0 Å². The average Bonchev–Trinajstić information content (AvgIpc) is 2.29. The molecule has 1 aromatic rings. The molecule has 0 aliphatic carbocycles. The molecule has 5 heteroatoms. The molecule has 0 radical (unpaired) electrons. The number of aliphatic hydroxyl groups is 1. The van der Waals surface area contributed by atoms with E-state index in [2.05, 4.69) is 14.9 Å². The summed E-state index contributed by atoms with van der Waals surface area (Å²) in [5, 5.41) is 9.13. The predicted octanol–water partition coefficient (Wildman–Crippen LogP) is 0.267. The number of nitrogen functional groups attached to an aromatic ring is 1. The van der Waals surface area contributed by atoms with Crippen molar-refractivity contribution in [3.63, 3.8) is 0 Å². The van der Waals surface area contributed by atoms with Gasteiger partial charge in [0.15, 0.2) is 0 Å². The number of hydrogen-bond donors (Lipinski definition) is 2. The van der Waals surface area contributed by atoms with Gasteiger partial charge in [0.1, 0.15) is 18.0 Å². The first-order valence-corrected chi connectivity index (χ1v) is 5.23. The molecular weight excluding hydrogens is 192 g/mol. The third-order valence-electron chi connectivity index (χ3n) is 2.77. The Morgan fingerprint density at radius 2 is 2.40 bits per heavy atom. The highest BCUT2D eigenvalue weighted by molar-refractivity contribution is 5.46. The zero-order valence-corrected chi connectivity index (χ0v) is 8.63. The van der Waals surface area contributed by atoms with Crippen LogP contribution in [0.3, 0.4) is 0 Å². The van der Waals surface area contributed by atoms with Crippen molar-refractivity contribution in [3.8, 4) is 0 Å². The summed E-state index contributed by atoms with van der Waals surface area (Å²) in [6.07, 6.45) is 3.66. The molecule has 0 bridgehead atoms. The number of nitrogens with two attached hydrogens (primary N) is 1. The number of hydrogen-bond acceptors (Lipinski definition) is 5. The molecule has 1 atom stereocenters. The van der Waals surface area contributed by atoms with E-state index in [1.165, 1.54) is 6.33 Å². The molecule has 0 spiro atoms. The van der Waals surface area contributed by atoms with Crippen molar-refractivity contribution in [2.45, 2.75) is 12.8 Å². The monoisotopic (exact) mass is 208 g/mol. The molecule has 2 heterocycles. The van der Waals surface area contributed by atoms with E-state index in [1.54, 1.807) is 6.07 Å². The van der Waals surface area contributed by atoms with E-state index in [4.69, 9.17) is 10.8 Å². The van der Waals surface area contributed by atoms with Crippen molar-refractivity contribution in [2.24, 2.45) is 5.92 Å². The van der Waals surface area contributed by atoms with Crippen molar-refractivity contribution >= 4 is 11.6 Å². The molecule has 0 aromatic carbocycles. The Kier molecular flexibility index (Phi) is 3.01. The quantitative estimate of drug-likeness (QED) is 0.729. The molecule has 3 N–H and O–H groups in total. The predicted molar refractivity (Wildman–Crippen MR) is 58.5 cm³/mol. The zero-order chi connectivity index (χ0) is 10.7. The summed E-state index contributed by atoms with van der Waals surface area (Å²) < 4.78 is 0. The Bertz CT molecular complexity index is 331. The van der Waals surface area contributed by atoms with Gasteiger partial charge in [0.2, 0.25) is 0 Å². The fourth-order valence-corrected chi connectivity index (χ4v) is 1.96. The van der Waals surface area contributed by atoms with Crippen LogP contribution in [0.1, 0.15) is 12.8 Å². The van der Waals surface area contributed by atoms with Gasteiger partial charge in [-0.15, -0.1) is 0 Å². The zero-order valence-electron chi connectivity index (χ0n) is 8.63. The Morgan fingerprint density at radius 1 is 1.53 bits per heavy atom. The maximum atomic E-state index is 9.13. The Balaban J connectivity index is 2.09. The normalized spacial score (nSPS) is 21.7. The second kappa shape index (κ2) is 4.44. The van der Waals surface area contributed by atoms with E-state index in [-0.39, 0.29) is 6.61 Å². The molecule has 1 fully saturated rings. The third-order valence-corrected chi connectivity index (χ3v) is 2.77. The molecule has 82 valence electrons. The maximum absolute atomic E-state index is 9.13. The lowest BCUT2D eigenvalue weighted by atomic mass is 9.99. The Labute approximate surface area is 88.9 Å². The van der Waals surface area contributed by atoms with Gasteiger partial charge < -0.3 is 15.7 Å². The summed E-state index contributed by atoms with van der Waals surface area (Å²) in [7, 11) is 0. The minimum Gasteiger partial charge on any atom is -0.396 e. The molecule has 1 saturated heterocycles. The van der Waals surface area contributed by atoms with Crippen LogP contribution in [0.15, 0.2) is 12.4 Å². The van der Waals surface area contributed by atoms with Gasteiger partial charge >= 0.3 is 0 Å². The summed E-state index contributed by atoms with van der Waals surface area (Å²) in [5.41, 5.74) is 5.61. The SMILES string of the molecule is Nc1cc(N2CCCC(CO)C2)ncn1. The van der Waals surface area contributed by atoms with Crippen molar-refractivity contribution < 1.29 is 5.11 Å². The molecule has 15 heavy (non-hydrogen) atoms. The highest BCUT2D eigenvalue weighted by Crippen LogP contribution is 2.21. The topological polar surface area (TPSA) is 75.3 Å². The van der Waals surface area contributed by atoms with Gasteiger partial charge in [0.25, 0.3) is 0 Å². The summed E-state index contributed by atoms with van der Waals surface area (Å²) >= 11 is 0. The minimum atomic E-state index is 0.247. The summed E-state index contributed by atoms with van der Waals surface area (Å²) in [6, 6.07) is 1.78. The maximum Gasteiger partial charge on any atom is 0.134 e. The molecular formula is C10H16N4O. The molecule has 2 rings (SSSR count). The van der Waals surface area contributed by atoms with Crippen molar-refractivity contribution in [1.82, 2.24) is 9.97 Å². The third kappa shape index (κ3) is 2.36. The van der Waals surface area contributed by atoms with Gasteiger partial charge in [0, 0.05) is 25.8 Å². The van der Waals surface area contributed by atoms with Crippen LogP contribution in [0.5, 0.6) is 0 Å². The first-order chi connectivity index (χ1) is 7.29. The largest absolute Gasteiger partial charge is 0.396 e. The molecule has 5 nitrogen and oxygen atoms in total. The highest BCUT2D eigenvalue weighted by Gasteiger charge is 2.20. The fraction of sp³-hybridized carbons (Fsp3) is 0.600. The molecule has 1 aromatic heterocycles. The first-order valence-electron chi connectivity index (χ1n) is 5.23. The van der Waals surface area contributed by atoms with Gasteiger partial charge in [-0.05, 0) is 18.8 Å². The van der Waals surface area contributed by atoms with Crippen LogP contribution in [-0.2, 0) is 0 Å². The molecule has 0 saturated carbocycles. The second-order valence-electron chi connectivity index (χ2n) is 3.94. The Hall–Kier alpha value is -1.36. The highest BCUT2D eigenvalue weighted by atomic mass is 16.3. The van der Waals surface area contributed by atoms with Crippen molar-refractivity contribution in [3.05, 3.63) is 12.4 Å². The number of aromatic nitrogens is 2. The lowest BCUT2D eigenvalue weighted by Crippen LogP contribution is -2.37. The number of aliphatic hydroxyl groups excluding tert-OH is 1. The number of rotatable bonds is 2. The van der Waals surface area contributed by atoms with Crippen molar-refractivity contribution in [2.75, 3.05) is 30.3 Å². The van der Waals surface area contributed by atoms with E-state index in [9.17, 15) is 0 Å². The van der Waals surface area contributed by atoms with Gasteiger partial charge in [-0.2, -0.15) is 0 Å². The van der Waals surface area contributed by atoms with Gasteiger partial charge in [0.05, 0.1) is 0 Å². The van der Waals surface area contributed by atoms with Crippen LogP contribution in [0.4, 0.5) is 11.6 Å². The van der Waals surface area contributed by atoms with Crippen LogP contribution >= 0.6 is 0 Å². The van der Waals surface area contributed by atoms with E-state index < -0.39 is 0 Å². The fourth-order valence-electron chi connectivity index (χ4n) is 1.96. The Morgan fingerprint density at radius 3 is 3.13 bits per heavy atom. The second-order valence-corrected chi connectivity index (χ2v) is 3.94. The van der Waals surface area contributed by atoms with E-state index in [1.807, 2.05) is 0 Å². The van der Waals surface area contributed by atoms with E-state index in [0.717, 1.165) is 31.7 Å². The summed E-state index contributed by atoms with van der Waals surface area (Å²) in [5.74, 6) is 1.71. The summed E-state index contributed by atoms with van der Waals surface area (Å²) in [4.78, 5) is 10.2. The lowest BCUT2D eigenvalue weighted by molar-refractivity contribution is 0.208. The standard InChI is InChI=1S/C10H16N4O/c11-9-4-10(13-7-12-9)14-3-1-2-8(5-14)6-15/h4,7-8,15H,1-3,5-6H2,(H2,11,12,13). The van der Waals surface area contributed by atoms with Crippen LogP contribution in [0, 0.1) is 5.92 Å². The van der Waals surface area contributed by atoms with Crippen LogP contribution in [0.2, 0.25) is 0 Å². The smallest absolute Gasteiger partial charge is 0.134 e. The lowest BCUT2D eigenvalue weighted by Gasteiger charge is -2.32. The number of anilines is 2. The van der Waals surface area contributed by atoms with E-state index >= 15 is 0 Å².